The van der Waals surface area contributed by atoms with E-state index in [0.29, 0.717) is 12.8 Å². The van der Waals surface area contributed by atoms with Crippen LogP contribution in [0.4, 0.5) is 5.69 Å². The number of aryl methyl sites for hydroxylation is 1. The largest absolute Gasteiger partial charge is 0.393 e. The summed E-state index contributed by atoms with van der Waals surface area (Å²) in [6.45, 7) is 3.64. The minimum absolute atomic E-state index is 0.0767. The van der Waals surface area contributed by atoms with Crippen LogP contribution in [-0.4, -0.2) is 17.1 Å². The molecule has 1 rings (SSSR count). The number of hydrogen-bond donors (Lipinski definition) is 2. The normalized spacial score (nSPS) is 12.2. The Bertz CT molecular complexity index is 377. The van der Waals surface area contributed by atoms with Crippen LogP contribution in [0.1, 0.15) is 25.3 Å². The summed E-state index contributed by atoms with van der Waals surface area (Å²) in [4.78, 5) is 11.5. The summed E-state index contributed by atoms with van der Waals surface area (Å²) in [5.74, 6) is -0.0767. The van der Waals surface area contributed by atoms with Gasteiger partial charge < -0.3 is 10.4 Å². The number of anilines is 1. The van der Waals surface area contributed by atoms with Crippen LogP contribution in [0.3, 0.4) is 0 Å². The fourth-order valence-corrected chi connectivity index (χ4v) is 1.66. The minimum Gasteiger partial charge on any atom is -0.393 e. The number of nitrogens with one attached hydrogen (secondary N) is 1. The lowest BCUT2D eigenvalue weighted by Crippen LogP contribution is -2.14. The predicted molar refractivity (Wildman–Crippen MR) is 68.4 cm³/mol. The second kappa shape index (κ2) is 6.01. The highest BCUT2D eigenvalue weighted by Crippen LogP contribution is 2.25. The van der Waals surface area contributed by atoms with Crippen molar-refractivity contribution in [2.24, 2.45) is 0 Å². The van der Waals surface area contributed by atoms with Crippen molar-refractivity contribution in [3.8, 4) is 0 Å². The number of halogens is 1. The zero-order chi connectivity index (χ0) is 12.1. The fraction of sp³-hybridized carbons (Fsp3) is 0.417. The van der Waals surface area contributed by atoms with Crippen LogP contribution in [0.15, 0.2) is 22.7 Å². The summed E-state index contributed by atoms with van der Waals surface area (Å²) in [5.41, 5.74) is 1.85. The van der Waals surface area contributed by atoms with Crippen LogP contribution in [-0.2, 0) is 4.79 Å². The van der Waals surface area contributed by atoms with E-state index < -0.39 is 6.10 Å². The van der Waals surface area contributed by atoms with Gasteiger partial charge in [-0.3, -0.25) is 4.79 Å². The molecule has 0 aliphatic heterocycles. The standard InChI is InChI=1S/C12H16BrNO2/c1-8-4-3-5-10(12(8)13)14-11(16)7-6-9(2)15/h3-5,9,15H,6-7H2,1-2H3,(H,14,16). The summed E-state index contributed by atoms with van der Waals surface area (Å²) in [6, 6.07) is 5.71. The molecule has 1 aromatic rings. The van der Waals surface area contributed by atoms with Gasteiger partial charge in [0.05, 0.1) is 11.8 Å². The minimum atomic E-state index is -0.438. The number of aliphatic hydroxyl groups excluding tert-OH is 1. The number of benzene rings is 1. The molecule has 4 heteroatoms. The van der Waals surface area contributed by atoms with Crippen molar-refractivity contribution >= 4 is 27.5 Å². The average molecular weight is 286 g/mol. The molecular formula is C12H16BrNO2. The van der Waals surface area contributed by atoms with E-state index in [9.17, 15) is 4.79 Å². The number of carbonyl (C=O) groups is 1. The van der Waals surface area contributed by atoms with E-state index in [-0.39, 0.29) is 5.91 Å². The Kier molecular flexibility index (Phi) is 4.96. The highest BCUT2D eigenvalue weighted by Gasteiger charge is 2.07. The third-order valence-corrected chi connectivity index (χ3v) is 3.31. The Labute approximate surface area is 104 Å². The highest BCUT2D eigenvalue weighted by atomic mass is 79.9. The van der Waals surface area contributed by atoms with Crippen molar-refractivity contribution < 1.29 is 9.90 Å². The highest BCUT2D eigenvalue weighted by molar-refractivity contribution is 9.10. The van der Waals surface area contributed by atoms with E-state index in [1.54, 1.807) is 6.92 Å². The van der Waals surface area contributed by atoms with Gasteiger partial charge in [-0.2, -0.15) is 0 Å². The van der Waals surface area contributed by atoms with Crippen molar-refractivity contribution in [2.45, 2.75) is 32.8 Å². The van der Waals surface area contributed by atoms with Gasteiger partial charge in [-0.1, -0.05) is 12.1 Å². The second-order valence-corrected chi connectivity index (χ2v) is 4.67. The zero-order valence-electron chi connectivity index (χ0n) is 9.46. The summed E-state index contributed by atoms with van der Waals surface area (Å²) >= 11 is 3.42. The first-order valence-electron chi connectivity index (χ1n) is 5.23. The van der Waals surface area contributed by atoms with E-state index in [1.165, 1.54) is 0 Å². The van der Waals surface area contributed by atoms with Crippen molar-refractivity contribution in [3.05, 3.63) is 28.2 Å². The Morgan fingerprint density at radius 1 is 1.56 bits per heavy atom. The summed E-state index contributed by atoms with van der Waals surface area (Å²) in [5, 5.41) is 11.9. The smallest absolute Gasteiger partial charge is 0.224 e. The number of carbonyl (C=O) groups excluding carboxylic acids is 1. The van der Waals surface area contributed by atoms with Gasteiger partial charge in [-0.25, -0.2) is 0 Å². The fourth-order valence-electron chi connectivity index (χ4n) is 1.30. The maximum absolute atomic E-state index is 11.5. The molecule has 0 fully saturated rings. The van der Waals surface area contributed by atoms with E-state index in [0.717, 1.165) is 15.7 Å². The van der Waals surface area contributed by atoms with E-state index in [1.807, 2.05) is 25.1 Å². The van der Waals surface area contributed by atoms with Crippen LogP contribution in [0.2, 0.25) is 0 Å². The van der Waals surface area contributed by atoms with Gasteiger partial charge in [0.25, 0.3) is 0 Å². The summed E-state index contributed by atoms with van der Waals surface area (Å²) in [7, 11) is 0. The van der Waals surface area contributed by atoms with Gasteiger partial charge in [-0.05, 0) is 47.8 Å². The van der Waals surface area contributed by atoms with Crippen LogP contribution < -0.4 is 5.32 Å². The molecule has 0 spiro atoms. The lowest BCUT2D eigenvalue weighted by Gasteiger charge is -2.09. The van der Waals surface area contributed by atoms with Crippen molar-refractivity contribution in [1.29, 1.82) is 0 Å². The monoisotopic (exact) mass is 285 g/mol. The lowest BCUT2D eigenvalue weighted by molar-refractivity contribution is -0.116. The Morgan fingerprint density at radius 2 is 2.25 bits per heavy atom. The van der Waals surface area contributed by atoms with Crippen LogP contribution in [0, 0.1) is 6.92 Å². The van der Waals surface area contributed by atoms with E-state index in [4.69, 9.17) is 5.11 Å². The number of amides is 1. The first kappa shape index (κ1) is 13.2. The third-order valence-electron chi connectivity index (χ3n) is 2.26. The summed E-state index contributed by atoms with van der Waals surface area (Å²) < 4.78 is 0.903. The van der Waals surface area contributed by atoms with Crippen molar-refractivity contribution in [2.75, 3.05) is 5.32 Å². The van der Waals surface area contributed by atoms with E-state index in [2.05, 4.69) is 21.2 Å². The van der Waals surface area contributed by atoms with Gasteiger partial charge in [0.1, 0.15) is 0 Å². The molecule has 0 aromatic heterocycles. The molecule has 0 radical (unpaired) electrons. The molecule has 0 saturated heterocycles. The molecule has 0 heterocycles. The Hall–Kier alpha value is -0.870. The van der Waals surface area contributed by atoms with Gasteiger partial charge in [-0.15, -0.1) is 0 Å². The second-order valence-electron chi connectivity index (χ2n) is 3.87. The molecule has 1 aromatic carbocycles. The topological polar surface area (TPSA) is 49.3 Å². The number of aliphatic hydroxyl groups is 1. The molecule has 0 aliphatic carbocycles. The molecule has 0 saturated carbocycles. The molecule has 0 aliphatic rings. The van der Waals surface area contributed by atoms with Crippen LogP contribution >= 0.6 is 15.9 Å². The predicted octanol–water partition coefficient (Wildman–Crippen LogP) is 2.86. The number of rotatable bonds is 4. The van der Waals surface area contributed by atoms with E-state index >= 15 is 0 Å². The molecular weight excluding hydrogens is 270 g/mol. The molecule has 88 valence electrons. The molecule has 16 heavy (non-hydrogen) atoms. The summed E-state index contributed by atoms with van der Waals surface area (Å²) in [6.07, 6.45) is 0.375. The molecule has 1 amide bonds. The van der Waals surface area contributed by atoms with Gasteiger partial charge in [0, 0.05) is 10.9 Å². The molecule has 3 nitrogen and oxygen atoms in total. The SMILES string of the molecule is Cc1cccc(NC(=O)CCC(C)O)c1Br. The third kappa shape index (κ3) is 3.94. The Balaban J connectivity index is 2.59. The van der Waals surface area contributed by atoms with Crippen molar-refractivity contribution in [3.63, 3.8) is 0 Å². The van der Waals surface area contributed by atoms with Gasteiger partial charge in [0.15, 0.2) is 0 Å². The molecule has 0 bridgehead atoms. The van der Waals surface area contributed by atoms with Gasteiger partial charge >= 0.3 is 0 Å². The molecule has 1 unspecified atom stereocenters. The first-order chi connectivity index (χ1) is 7.50. The lowest BCUT2D eigenvalue weighted by atomic mass is 10.2. The maximum atomic E-state index is 11.5. The van der Waals surface area contributed by atoms with Gasteiger partial charge in [0.2, 0.25) is 5.91 Å². The first-order valence-corrected chi connectivity index (χ1v) is 6.03. The number of hydrogen-bond acceptors (Lipinski definition) is 2. The molecule has 2 N–H and O–H groups in total. The molecule has 1 atom stereocenters. The maximum Gasteiger partial charge on any atom is 0.224 e. The quantitative estimate of drug-likeness (QED) is 0.894. The Morgan fingerprint density at radius 3 is 2.88 bits per heavy atom. The average Bonchev–Trinajstić information content (AvgIpc) is 2.22. The van der Waals surface area contributed by atoms with Crippen LogP contribution in [0.25, 0.3) is 0 Å². The zero-order valence-corrected chi connectivity index (χ0v) is 11.0. The van der Waals surface area contributed by atoms with Crippen LogP contribution in [0.5, 0.6) is 0 Å². The van der Waals surface area contributed by atoms with Crippen molar-refractivity contribution in [1.82, 2.24) is 0 Å².